The number of cyclic esters (lactones) is 1. The van der Waals surface area contributed by atoms with Crippen LogP contribution in [0.3, 0.4) is 0 Å². The van der Waals surface area contributed by atoms with Crippen LogP contribution in [0, 0.1) is 5.82 Å². The van der Waals surface area contributed by atoms with E-state index in [4.69, 9.17) is 9.47 Å². The molecule has 1 N–H and O–H groups in total. The van der Waals surface area contributed by atoms with E-state index in [-0.39, 0.29) is 31.5 Å². The summed E-state index contributed by atoms with van der Waals surface area (Å²) in [5.74, 6) is -0.749. The fourth-order valence-corrected chi connectivity index (χ4v) is 4.13. The summed E-state index contributed by atoms with van der Waals surface area (Å²) in [6.45, 7) is 4.13. The molecule has 2 aromatic carbocycles. The van der Waals surface area contributed by atoms with E-state index >= 15 is 0 Å². The van der Waals surface area contributed by atoms with Crippen LogP contribution in [0.25, 0.3) is 0 Å². The molecule has 2 heterocycles. The summed E-state index contributed by atoms with van der Waals surface area (Å²) in [4.78, 5) is 40.7. The van der Waals surface area contributed by atoms with Gasteiger partial charge in [-0.25, -0.2) is 9.18 Å². The maximum atomic E-state index is 15.0. The van der Waals surface area contributed by atoms with Gasteiger partial charge in [-0.2, -0.15) is 0 Å². The molecule has 0 radical (unpaired) electrons. The van der Waals surface area contributed by atoms with Crippen molar-refractivity contribution in [3.8, 4) is 0 Å². The Morgan fingerprint density at radius 1 is 1.11 bits per heavy atom. The zero-order valence-corrected chi connectivity index (χ0v) is 19.6. The zero-order chi connectivity index (χ0) is 24.8. The van der Waals surface area contributed by atoms with E-state index in [1.807, 2.05) is 35.2 Å². The van der Waals surface area contributed by atoms with E-state index < -0.39 is 18.0 Å². The summed E-state index contributed by atoms with van der Waals surface area (Å²) in [6, 6.07) is 14.3. The minimum absolute atomic E-state index is 0.00676. The van der Waals surface area contributed by atoms with Gasteiger partial charge in [0.15, 0.2) is 0 Å². The highest BCUT2D eigenvalue weighted by molar-refractivity contribution is 5.90. The summed E-state index contributed by atoms with van der Waals surface area (Å²) in [5.41, 5.74) is 1.82. The Labute approximate surface area is 203 Å². The number of halogens is 1. The molecule has 2 aliphatic heterocycles. The van der Waals surface area contributed by atoms with Gasteiger partial charge in [-0.1, -0.05) is 30.3 Å². The second kappa shape index (κ2) is 11.2. The molecular formula is C25H29FN4O5. The molecule has 0 saturated carbocycles. The lowest BCUT2D eigenvalue weighted by Crippen LogP contribution is -2.50. The molecule has 2 aliphatic rings. The van der Waals surface area contributed by atoms with Crippen molar-refractivity contribution in [3.63, 3.8) is 0 Å². The lowest BCUT2D eigenvalue weighted by Gasteiger charge is -2.36. The Bertz CT molecular complexity index is 1060. The summed E-state index contributed by atoms with van der Waals surface area (Å²) >= 11 is 0. The topological polar surface area (TPSA) is 91.4 Å². The summed E-state index contributed by atoms with van der Waals surface area (Å²) in [7, 11) is 0. The first kappa shape index (κ1) is 24.5. The number of hydrogen-bond acceptors (Lipinski definition) is 6. The Kier molecular flexibility index (Phi) is 7.81. The van der Waals surface area contributed by atoms with Gasteiger partial charge in [0.25, 0.3) is 0 Å². The lowest BCUT2D eigenvalue weighted by molar-refractivity contribution is -0.136. The van der Waals surface area contributed by atoms with Gasteiger partial charge in [0.05, 0.1) is 31.1 Å². The fourth-order valence-electron chi connectivity index (χ4n) is 4.13. The quantitative estimate of drug-likeness (QED) is 0.618. The number of carbonyl (C=O) groups excluding carboxylic acids is 3. The van der Waals surface area contributed by atoms with Crippen LogP contribution in [-0.2, 0) is 25.7 Å². The lowest BCUT2D eigenvalue weighted by atomic mass is 10.2. The van der Waals surface area contributed by atoms with Crippen molar-refractivity contribution in [2.24, 2.45) is 0 Å². The molecule has 2 fully saturated rings. The number of benzene rings is 2. The Balaban J connectivity index is 1.27. The van der Waals surface area contributed by atoms with Gasteiger partial charge < -0.3 is 24.6 Å². The van der Waals surface area contributed by atoms with Crippen LogP contribution in [-0.4, -0.2) is 74.8 Å². The van der Waals surface area contributed by atoms with Crippen molar-refractivity contribution in [2.75, 3.05) is 55.7 Å². The van der Waals surface area contributed by atoms with Crippen molar-refractivity contribution in [1.29, 1.82) is 0 Å². The minimum atomic E-state index is -0.575. The maximum absolute atomic E-state index is 15.0. The molecule has 3 amide bonds. The van der Waals surface area contributed by atoms with Crippen LogP contribution in [0.15, 0.2) is 48.5 Å². The van der Waals surface area contributed by atoms with E-state index in [1.165, 1.54) is 17.9 Å². The number of nitrogens with one attached hydrogen (secondary N) is 1. The molecule has 35 heavy (non-hydrogen) atoms. The molecule has 9 nitrogen and oxygen atoms in total. The highest BCUT2D eigenvalue weighted by Gasteiger charge is 2.33. The number of nitrogens with zero attached hydrogens (tertiary/aromatic N) is 3. The molecule has 2 aromatic rings. The highest BCUT2D eigenvalue weighted by Crippen LogP contribution is 2.28. The standard InChI is InChI=1S/C25H29FN4O5/c1-18(31)27-14-21-15-30(25(33)35-21)20-7-8-23(22(26)13-20)28-9-11-29(12-10-28)24(32)17-34-16-19-5-3-2-4-6-19/h2-8,13,21H,9-12,14-17H2,1H3,(H,27,31). The van der Waals surface area contributed by atoms with Crippen LogP contribution in [0.1, 0.15) is 12.5 Å². The molecule has 10 heteroatoms. The van der Waals surface area contributed by atoms with Gasteiger partial charge in [-0.05, 0) is 23.8 Å². The average Bonchev–Trinajstić information content (AvgIpc) is 3.24. The normalized spacial score (nSPS) is 17.9. The molecule has 4 rings (SSSR count). The van der Waals surface area contributed by atoms with Crippen LogP contribution in [0.2, 0.25) is 0 Å². The second-order valence-electron chi connectivity index (χ2n) is 8.54. The van der Waals surface area contributed by atoms with Crippen molar-refractivity contribution in [3.05, 3.63) is 59.9 Å². The Morgan fingerprint density at radius 2 is 1.86 bits per heavy atom. The molecule has 0 bridgehead atoms. The van der Waals surface area contributed by atoms with Gasteiger partial charge in [-0.3, -0.25) is 14.5 Å². The molecule has 1 atom stereocenters. The molecule has 186 valence electrons. The van der Waals surface area contributed by atoms with Gasteiger partial charge in [0, 0.05) is 33.1 Å². The fraction of sp³-hybridized carbons (Fsp3) is 0.400. The van der Waals surface area contributed by atoms with Crippen LogP contribution < -0.4 is 15.1 Å². The number of piperazine rings is 1. The first-order chi connectivity index (χ1) is 16.9. The third-order valence-electron chi connectivity index (χ3n) is 6.01. The van der Waals surface area contributed by atoms with Gasteiger partial charge in [0.2, 0.25) is 11.8 Å². The maximum Gasteiger partial charge on any atom is 0.414 e. The third-order valence-corrected chi connectivity index (χ3v) is 6.01. The highest BCUT2D eigenvalue weighted by atomic mass is 19.1. The summed E-state index contributed by atoms with van der Waals surface area (Å²) in [5, 5.41) is 2.61. The Morgan fingerprint density at radius 3 is 2.54 bits per heavy atom. The van der Waals surface area contributed by atoms with E-state index in [9.17, 15) is 18.8 Å². The zero-order valence-electron chi connectivity index (χ0n) is 19.6. The third kappa shape index (κ3) is 6.27. The molecular weight excluding hydrogens is 455 g/mol. The number of hydrogen-bond donors (Lipinski definition) is 1. The molecule has 0 aromatic heterocycles. The smallest absolute Gasteiger partial charge is 0.414 e. The summed E-state index contributed by atoms with van der Waals surface area (Å²) in [6.07, 6.45) is -1.06. The summed E-state index contributed by atoms with van der Waals surface area (Å²) < 4.78 is 25.8. The van der Waals surface area contributed by atoms with Crippen molar-refractivity contribution in [2.45, 2.75) is 19.6 Å². The largest absolute Gasteiger partial charge is 0.442 e. The molecule has 1 unspecified atom stereocenters. The molecule has 0 spiro atoms. The van der Waals surface area contributed by atoms with Crippen molar-refractivity contribution in [1.82, 2.24) is 10.2 Å². The first-order valence-corrected chi connectivity index (χ1v) is 11.6. The monoisotopic (exact) mass is 484 g/mol. The number of ether oxygens (including phenoxy) is 2. The first-order valence-electron chi connectivity index (χ1n) is 11.6. The minimum Gasteiger partial charge on any atom is -0.442 e. The predicted octanol–water partition coefficient (Wildman–Crippen LogP) is 2.15. The van der Waals surface area contributed by atoms with Gasteiger partial charge in [0.1, 0.15) is 18.5 Å². The number of amides is 3. The van der Waals surface area contributed by atoms with Crippen LogP contribution >= 0.6 is 0 Å². The van der Waals surface area contributed by atoms with Gasteiger partial charge in [-0.15, -0.1) is 0 Å². The van der Waals surface area contributed by atoms with Crippen molar-refractivity contribution >= 4 is 29.3 Å². The average molecular weight is 485 g/mol. The molecule has 0 aliphatic carbocycles. The predicted molar refractivity (Wildman–Crippen MR) is 128 cm³/mol. The van der Waals surface area contributed by atoms with E-state index in [2.05, 4.69) is 5.32 Å². The van der Waals surface area contributed by atoms with Crippen LogP contribution in [0.5, 0.6) is 0 Å². The molecule has 2 saturated heterocycles. The Hall–Kier alpha value is -3.66. The van der Waals surface area contributed by atoms with Crippen molar-refractivity contribution < 1.29 is 28.2 Å². The van der Waals surface area contributed by atoms with Crippen LogP contribution in [0.4, 0.5) is 20.6 Å². The number of rotatable bonds is 8. The van der Waals surface area contributed by atoms with E-state index in [1.54, 1.807) is 17.0 Å². The second-order valence-corrected chi connectivity index (χ2v) is 8.54. The number of anilines is 2. The number of carbonyl (C=O) groups is 3. The van der Waals surface area contributed by atoms with E-state index in [0.29, 0.717) is 44.2 Å². The van der Waals surface area contributed by atoms with Gasteiger partial charge >= 0.3 is 6.09 Å². The SMILES string of the molecule is CC(=O)NCC1CN(c2ccc(N3CCN(C(=O)COCc4ccccc4)CC3)c(F)c2)C(=O)O1. The van der Waals surface area contributed by atoms with E-state index in [0.717, 1.165) is 5.56 Å².